The van der Waals surface area contributed by atoms with Gasteiger partial charge in [-0.15, -0.1) is 0 Å². The summed E-state index contributed by atoms with van der Waals surface area (Å²) in [5.41, 5.74) is 0. The summed E-state index contributed by atoms with van der Waals surface area (Å²) < 4.78 is 0. The molecule has 0 aliphatic heterocycles. The van der Waals surface area contributed by atoms with Crippen molar-refractivity contribution in [3.05, 3.63) is 0 Å². The molecule has 0 saturated heterocycles. The van der Waals surface area contributed by atoms with Crippen LogP contribution in [0, 0.1) is 17.8 Å². The Morgan fingerprint density at radius 2 is 0.708 bits per heavy atom. The minimum Gasteiger partial charge on any atom is -0.432 e. The molecule has 0 spiro atoms. The molecule has 4 N–H and O–H groups in total. The molecule has 150 valence electrons. The zero-order valence-electron chi connectivity index (χ0n) is 17.8. The second kappa shape index (κ2) is 26.2. The van der Waals surface area contributed by atoms with Crippen LogP contribution in [0.5, 0.6) is 0 Å². The van der Waals surface area contributed by atoms with Crippen molar-refractivity contribution < 1.29 is 46.3 Å². The monoisotopic (exact) mass is 444 g/mol. The Morgan fingerprint density at radius 3 is 0.792 bits per heavy atom. The van der Waals surface area contributed by atoms with E-state index in [2.05, 4.69) is 41.5 Å². The molecule has 0 aliphatic carbocycles. The number of hydrogen-bond acceptors (Lipinski definition) is 4. The molecule has 0 bridgehead atoms. The first-order chi connectivity index (χ1) is 10.5. The third kappa shape index (κ3) is 43.5. The van der Waals surface area contributed by atoms with Crippen LogP contribution >= 0.6 is 0 Å². The smallest absolute Gasteiger partial charge is 0.189 e. The standard InChI is InChI=1S/C12H28OSi.3C2H6O.Zr/c1-10(2)7-14(13,8-11(3)4)9-12(5)6;3*1-2-3;/h10-13H,7-9H2,1-6H3;3*3H,2H2,1H3;. The van der Waals surface area contributed by atoms with E-state index in [1.807, 2.05) is 0 Å². The predicted molar refractivity (Wildman–Crippen MR) is 105 cm³/mol. The van der Waals surface area contributed by atoms with Crippen molar-refractivity contribution in [2.24, 2.45) is 17.8 Å². The molecule has 24 heavy (non-hydrogen) atoms. The fourth-order valence-corrected chi connectivity index (χ4v) is 7.59. The van der Waals surface area contributed by atoms with Gasteiger partial charge >= 0.3 is 0 Å². The molecule has 0 heterocycles. The van der Waals surface area contributed by atoms with Gasteiger partial charge in [0.15, 0.2) is 8.32 Å². The fraction of sp³-hybridized carbons (Fsp3) is 1.00. The van der Waals surface area contributed by atoms with Gasteiger partial charge in [0.2, 0.25) is 0 Å². The Balaban J connectivity index is -0.000000100. The van der Waals surface area contributed by atoms with Crippen LogP contribution in [0.15, 0.2) is 0 Å². The molecule has 0 aliphatic rings. The molecule has 0 aromatic carbocycles. The van der Waals surface area contributed by atoms with E-state index in [0.717, 1.165) is 18.1 Å². The molecule has 4 nitrogen and oxygen atoms in total. The van der Waals surface area contributed by atoms with Gasteiger partial charge in [0.25, 0.3) is 0 Å². The molecule has 0 rings (SSSR count). The van der Waals surface area contributed by atoms with Crippen molar-refractivity contribution in [3.8, 4) is 0 Å². The SMILES string of the molecule is CC(C)C[Si](O)(CC(C)C)CC(C)C.CCO.CCO.CCO.[Zr]. The van der Waals surface area contributed by atoms with Crippen LogP contribution in [-0.4, -0.2) is 48.3 Å². The van der Waals surface area contributed by atoms with E-state index >= 15 is 0 Å². The van der Waals surface area contributed by atoms with Crippen LogP contribution < -0.4 is 0 Å². The maximum atomic E-state index is 10.7. The summed E-state index contributed by atoms with van der Waals surface area (Å²) in [4.78, 5) is 10.7. The summed E-state index contributed by atoms with van der Waals surface area (Å²) in [6.45, 7) is 19.1. The minimum absolute atomic E-state index is 0. The van der Waals surface area contributed by atoms with E-state index in [9.17, 15) is 4.80 Å². The zero-order valence-corrected chi connectivity index (χ0v) is 21.2. The Labute approximate surface area is 172 Å². The van der Waals surface area contributed by atoms with Crippen molar-refractivity contribution in [1.82, 2.24) is 0 Å². The number of hydrogen-bond donors (Lipinski definition) is 4. The predicted octanol–water partition coefficient (Wildman–Crippen LogP) is 3.89. The molecule has 0 radical (unpaired) electrons. The van der Waals surface area contributed by atoms with Crippen LogP contribution in [-0.2, 0) is 26.2 Å². The first-order valence-electron chi connectivity index (χ1n) is 9.04. The summed E-state index contributed by atoms with van der Waals surface area (Å²) in [6, 6.07) is 3.22. The van der Waals surface area contributed by atoms with Gasteiger partial charge in [-0.25, -0.2) is 0 Å². The summed E-state index contributed by atoms with van der Waals surface area (Å²) >= 11 is 0. The van der Waals surface area contributed by atoms with E-state index in [4.69, 9.17) is 15.3 Å². The molecule has 0 aromatic heterocycles. The topological polar surface area (TPSA) is 80.9 Å². The maximum Gasteiger partial charge on any atom is 0.189 e. The third-order valence-electron chi connectivity index (χ3n) is 2.36. The van der Waals surface area contributed by atoms with E-state index < -0.39 is 8.32 Å². The quantitative estimate of drug-likeness (QED) is 0.468. The van der Waals surface area contributed by atoms with Gasteiger partial charge in [-0.05, 0) is 56.7 Å². The number of rotatable bonds is 6. The summed E-state index contributed by atoms with van der Waals surface area (Å²) in [6.07, 6.45) is 0. The van der Waals surface area contributed by atoms with E-state index in [-0.39, 0.29) is 46.0 Å². The van der Waals surface area contributed by atoms with Crippen molar-refractivity contribution in [1.29, 1.82) is 0 Å². The molecular weight excluding hydrogens is 400 g/mol. The zero-order chi connectivity index (χ0) is 19.5. The maximum absolute atomic E-state index is 10.7. The van der Waals surface area contributed by atoms with Crippen LogP contribution in [0.2, 0.25) is 18.1 Å². The van der Waals surface area contributed by atoms with Crippen LogP contribution in [0.3, 0.4) is 0 Å². The summed E-state index contributed by atoms with van der Waals surface area (Å²) in [7, 11) is -1.94. The average molecular weight is 446 g/mol. The molecule has 0 saturated carbocycles. The fourth-order valence-electron chi connectivity index (χ4n) is 2.53. The van der Waals surface area contributed by atoms with Crippen LogP contribution in [0.4, 0.5) is 0 Å². The van der Waals surface area contributed by atoms with Gasteiger partial charge in [0.1, 0.15) is 0 Å². The van der Waals surface area contributed by atoms with Gasteiger partial charge in [-0.2, -0.15) is 0 Å². The van der Waals surface area contributed by atoms with Crippen LogP contribution in [0.1, 0.15) is 62.3 Å². The Hall–Kier alpha value is 0.940. The largest absolute Gasteiger partial charge is 0.432 e. The first-order valence-corrected chi connectivity index (χ1v) is 11.6. The van der Waals surface area contributed by atoms with Crippen molar-refractivity contribution in [2.75, 3.05) is 19.8 Å². The Bertz CT molecular complexity index is 172. The van der Waals surface area contributed by atoms with Crippen LogP contribution in [0.25, 0.3) is 0 Å². The summed E-state index contributed by atoms with van der Waals surface area (Å²) in [5.74, 6) is 1.93. The van der Waals surface area contributed by atoms with Gasteiger partial charge in [0, 0.05) is 46.0 Å². The average Bonchev–Trinajstić information content (AvgIpc) is 2.27. The van der Waals surface area contributed by atoms with E-state index in [0.29, 0.717) is 17.8 Å². The Kier molecular flexibility index (Phi) is 39.2. The van der Waals surface area contributed by atoms with E-state index in [1.165, 1.54) is 0 Å². The minimum atomic E-state index is -1.94. The first kappa shape index (κ1) is 35.9. The molecule has 0 amide bonds. The second-order valence-electron chi connectivity index (χ2n) is 6.97. The van der Waals surface area contributed by atoms with Gasteiger partial charge in [0.05, 0.1) is 0 Å². The molecule has 0 aromatic rings. The van der Waals surface area contributed by atoms with Crippen molar-refractivity contribution in [3.63, 3.8) is 0 Å². The molecule has 0 fully saturated rings. The molecule has 0 unspecified atom stereocenters. The van der Waals surface area contributed by atoms with E-state index in [1.54, 1.807) is 20.8 Å². The van der Waals surface area contributed by atoms with Crippen molar-refractivity contribution >= 4 is 8.32 Å². The van der Waals surface area contributed by atoms with Gasteiger partial charge < -0.3 is 20.1 Å². The van der Waals surface area contributed by atoms with Gasteiger partial charge in [-0.3, -0.25) is 0 Å². The number of aliphatic hydroxyl groups is 3. The third-order valence-corrected chi connectivity index (χ3v) is 7.09. The second-order valence-corrected chi connectivity index (χ2v) is 10.6. The molecular formula is C18H46O4SiZr. The summed E-state index contributed by atoms with van der Waals surface area (Å²) in [5, 5.41) is 22.7. The number of aliphatic hydroxyl groups excluding tert-OH is 3. The Morgan fingerprint density at radius 1 is 0.583 bits per heavy atom. The molecule has 6 heteroatoms. The van der Waals surface area contributed by atoms with Gasteiger partial charge in [-0.1, -0.05) is 41.5 Å². The normalized spacial score (nSPS) is 10.0. The molecule has 0 atom stereocenters. The van der Waals surface area contributed by atoms with Crippen molar-refractivity contribution in [2.45, 2.75) is 80.4 Å².